The molecule has 4 heterocycles. The van der Waals surface area contributed by atoms with Crippen LogP contribution in [-0.2, 0) is 33.2 Å². The monoisotopic (exact) mass is 712 g/mol. The second-order valence-corrected chi connectivity index (χ2v) is 12.0. The van der Waals surface area contributed by atoms with Crippen molar-refractivity contribution in [1.29, 1.82) is 0 Å². The number of methoxy groups -OCH3 is 1. The number of aliphatic hydroxyl groups is 11. The zero-order valence-electron chi connectivity index (χ0n) is 26.1. The zero-order chi connectivity index (χ0) is 35.6. The highest BCUT2D eigenvalue weighted by atomic mass is 16.8. The van der Waals surface area contributed by atoms with Gasteiger partial charge in [0.2, 0.25) is 6.29 Å². The maximum Gasteiger partial charge on any atom is 0.228 e. The fourth-order valence-electron chi connectivity index (χ4n) is 5.80. The number of hydrogen-bond donors (Lipinski definition) is 11. The van der Waals surface area contributed by atoms with Crippen molar-refractivity contribution in [3.05, 3.63) is 24.3 Å². The molecule has 20 heteroatoms. The lowest BCUT2D eigenvalue weighted by molar-refractivity contribution is -0.373. The Morgan fingerprint density at radius 3 is 1.55 bits per heavy atom. The highest BCUT2D eigenvalue weighted by Gasteiger charge is 2.52. The molecule has 1 aromatic rings. The van der Waals surface area contributed by atoms with E-state index in [0.29, 0.717) is 11.5 Å². The fourth-order valence-corrected chi connectivity index (χ4v) is 5.80. The van der Waals surface area contributed by atoms with Crippen LogP contribution in [0.15, 0.2) is 24.3 Å². The van der Waals surface area contributed by atoms with Gasteiger partial charge in [0, 0.05) is 0 Å². The maximum atomic E-state index is 10.9. The van der Waals surface area contributed by atoms with E-state index in [4.69, 9.17) is 42.6 Å². The summed E-state index contributed by atoms with van der Waals surface area (Å²) in [4.78, 5) is 0. The van der Waals surface area contributed by atoms with Crippen molar-refractivity contribution in [3.8, 4) is 11.5 Å². The van der Waals surface area contributed by atoms with Crippen LogP contribution in [0, 0.1) is 0 Å². The van der Waals surface area contributed by atoms with Crippen molar-refractivity contribution >= 4 is 0 Å². The summed E-state index contributed by atoms with van der Waals surface area (Å²) in [5.41, 5.74) is 0. The van der Waals surface area contributed by atoms with Crippen LogP contribution in [0.4, 0.5) is 0 Å². The summed E-state index contributed by atoms with van der Waals surface area (Å²) in [6.45, 7) is -2.35. The molecule has 1 aromatic carbocycles. The minimum absolute atomic E-state index is 0.318. The molecule has 0 radical (unpaired) electrons. The van der Waals surface area contributed by atoms with E-state index in [2.05, 4.69) is 0 Å². The highest BCUT2D eigenvalue weighted by molar-refractivity contribution is 5.31. The van der Waals surface area contributed by atoms with Gasteiger partial charge in [-0.15, -0.1) is 0 Å². The Labute approximate surface area is 279 Å². The molecule has 0 amide bonds. The molecule has 0 spiro atoms. The molecular weight excluding hydrogens is 668 g/mol. The van der Waals surface area contributed by atoms with Gasteiger partial charge in [0.15, 0.2) is 18.9 Å². The van der Waals surface area contributed by atoms with E-state index in [9.17, 15) is 56.2 Å². The summed E-state index contributed by atoms with van der Waals surface area (Å²) >= 11 is 0. The lowest BCUT2D eigenvalue weighted by Gasteiger charge is -2.47. The average Bonchev–Trinajstić information content (AvgIpc) is 3.10. The van der Waals surface area contributed by atoms with Gasteiger partial charge in [-0.2, -0.15) is 0 Å². The van der Waals surface area contributed by atoms with Gasteiger partial charge < -0.3 is 98.8 Å². The smallest absolute Gasteiger partial charge is 0.228 e. The Morgan fingerprint density at radius 2 is 1.00 bits per heavy atom. The van der Waals surface area contributed by atoms with Crippen LogP contribution in [0.1, 0.15) is 0 Å². The Kier molecular flexibility index (Phi) is 13.0. The van der Waals surface area contributed by atoms with E-state index in [1.54, 1.807) is 24.3 Å². The normalized spacial score (nSPS) is 46.3. The van der Waals surface area contributed by atoms with E-state index in [0.717, 1.165) is 0 Å². The van der Waals surface area contributed by atoms with Gasteiger partial charge >= 0.3 is 0 Å². The van der Waals surface area contributed by atoms with Crippen LogP contribution in [0.3, 0.4) is 0 Å². The molecule has 4 saturated heterocycles. The molecule has 20 nitrogen and oxygen atoms in total. The van der Waals surface area contributed by atoms with Gasteiger partial charge in [-0.3, -0.25) is 0 Å². The van der Waals surface area contributed by atoms with Gasteiger partial charge in [-0.1, -0.05) is 0 Å². The van der Waals surface area contributed by atoms with Crippen molar-refractivity contribution in [2.75, 3.05) is 33.5 Å². The minimum Gasteiger partial charge on any atom is -0.497 e. The molecule has 0 bridgehead atoms. The van der Waals surface area contributed by atoms with Crippen LogP contribution in [0.2, 0.25) is 0 Å². The molecule has 0 aliphatic carbocycles. The van der Waals surface area contributed by atoms with Crippen molar-refractivity contribution in [3.63, 3.8) is 0 Å². The topological polar surface area (TPSA) is 306 Å². The van der Waals surface area contributed by atoms with Gasteiger partial charge in [0.25, 0.3) is 0 Å². The molecule has 0 unspecified atom stereocenters. The van der Waals surface area contributed by atoms with Crippen LogP contribution >= 0.6 is 0 Å². The Balaban J connectivity index is 1.14. The Morgan fingerprint density at radius 1 is 0.531 bits per heavy atom. The second-order valence-electron chi connectivity index (χ2n) is 12.0. The predicted molar refractivity (Wildman–Crippen MR) is 153 cm³/mol. The summed E-state index contributed by atoms with van der Waals surface area (Å²) in [5, 5.41) is 114. The van der Waals surface area contributed by atoms with Crippen LogP contribution in [0.25, 0.3) is 0 Å². The molecular formula is C29H44O20. The molecule has 0 saturated carbocycles. The SMILES string of the molecule is COc1ccc(O[C@H]2OC[C@@H](O[C@H]3O[C@H](CO)[C@@H](O[C@@H]4OC[C@@H](O[C@H]5O[C@H](CO)[C@@H](O)[C@H](O)[C@@H]5O)[C@H](O)[C@H]4O)[C@H](O)[C@@H]3O)[C@H](O)[C@H]2O)cc1. The first-order valence-electron chi connectivity index (χ1n) is 15.5. The number of hydrogen-bond acceptors (Lipinski definition) is 20. The van der Waals surface area contributed by atoms with E-state index >= 15 is 0 Å². The molecule has 18 atom stereocenters. The van der Waals surface area contributed by atoms with E-state index in [1.807, 2.05) is 0 Å². The third kappa shape index (κ3) is 8.27. The molecule has 49 heavy (non-hydrogen) atoms. The van der Waals surface area contributed by atoms with Crippen molar-refractivity contribution in [1.82, 2.24) is 0 Å². The molecule has 5 rings (SSSR count). The number of ether oxygens (including phenoxy) is 9. The maximum absolute atomic E-state index is 10.9. The quantitative estimate of drug-likeness (QED) is 0.102. The highest BCUT2D eigenvalue weighted by Crippen LogP contribution is 2.32. The summed E-state index contributed by atoms with van der Waals surface area (Å²) < 4.78 is 49.2. The van der Waals surface area contributed by atoms with Gasteiger partial charge in [0.05, 0.1) is 33.5 Å². The summed E-state index contributed by atoms with van der Waals surface area (Å²) in [7, 11) is 1.49. The third-order valence-electron chi connectivity index (χ3n) is 8.76. The van der Waals surface area contributed by atoms with Gasteiger partial charge in [0.1, 0.15) is 97.0 Å². The first kappa shape index (κ1) is 38.3. The molecule has 280 valence electrons. The Bertz CT molecular complexity index is 1160. The number of benzene rings is 1. The Hall–Kier alpha value is -1.90. The lowest BCUT2D eigenvalue weighted by Crippen LogP contribution is -2.65. The van der Waals surface area contributed by atoms with Crippen molar-refractivity contribution < 1.29 is 98.8 Å². The first-order valence-corrected chi connectivity index (χ1v) is 15.5. The number of rotatable bonds is 11. The second kappa shape index (κ2) is 16.6. The summed E-state index contributed by atoms with van der Waals surface area (Å²) in [5.74, 6) is 0.889. The molecule has 4 fully saturated rings. The van der Waals surface area contributed by atoms with Crippen LogP contribution in [-0.4, -0.2) is 200 Å². The van der Waals surface area contributed by atoms with Crippen molar-refractivity contribution in [2.24, 2.45) is 0 Å². The standard InChI is InChI=1S/C29H44O20/c1-41-10-2-4-11(5-3-10)44-26-21(37)17(33)14(8-42-26)48-29-24(40)20(36)25(13(7-31)46-29)49-27-22(38)18(34)15(9-43-27)47-28-23(39)19(35)16(32)12(6-30)45-28/h2-5,12-40H,6-9H2,1H3/t12-,13-,14-,15-,16-,17+,18+,19+,20-,21-,22-,23+,24+,25-,26-,27+,28-,29-/m1/s1. The largest absolute Gasteiger partial charge is 0.497 e. The van der Waals surface area contributed by atoms with Crippen LogP contribution in [0.5, 0.6) is 11.5 Å². The van der Waals surface area contributed by atoms with E-state index in [1.165, 1.54) is 7.11 Å². The molecule has 11 N–H and O–H groups in total. The summed E-state index contributed by atoms with van der Waals surface area (Å²) in [6.07, 6.45) is -28.9. The van der Waals surface area contributed by atoms with E-state index < -0.39 is 130 Å². The first-order chi connectivity index (χ1) is 23.4. The fraction of sp³-hybridized carbons (Fsp3) is 0.793. The minimum atomic E-state index is -1.87. The van der Waals surface area contributed by atoms with Crippen molar-refractivity contribution in [2.45, 2.75) is 111 Å². The van der Waals surface area contributed by atoms with Gasteiger partial charge in [-0.25, -0.2) is 0 Å². The molecule has 0 aromatic heterocycles. The third-order valence-corrected chi connectivity index (χ3v) is 8.76. The molecule has 4 aliphatic heterocycles. The molecule has 4 aliphatic rings. The van der Waals surface area contributed by atoms with Gasteiger partial charge in [-0.05, 0) is 24.3 Å². The predicted octanol–water partition coefficient (Wildman–Crippen LogP) is -6.38. The number of aliphatic hydroxyl groups excluding tert-OH is 11. The average molecular weight is 713 g/mol. The van der Waals surface area contributed by atoms with E-state index in [-0.39, 0.29) is 6.61 Å². The lowest BCUT2D eigenvalue weighted by atomic mass is 9.97. The van der Waals surface area contributed by atoms with Crippen LogP contribution < -0.4 is 9.47 Å². The zero-order valence-corrected chi connectivity index (χ0v) is 26.1. The summed E-state index contributed by atoms with van der Waals surface area (Å²) in [6, 6.07) is 6.38.